The molecule has 2 atom stereocenters. The molecule has 0 heterocycles. The maximum Gasteiger partial charge on any atom is 0.237 e. The van der Waals surface area contributed by atoms with Gasteiger partial charge in [0.15, 0.2) is 0 Å². The van der Waals surface area contributed by atoms with Crippen molar-refractivity contribution in [2.75, 3.05) is 6.54 Å². The van der Waals surface area contributed by atoms with E-state index in [0.717, 1.165) is 11.1 Å². The van der Waals surface area contributed by atoms with Crippen molar-refractivity contribution in [3.8, 4) is 0 Å². The molecule has 0 radical (unpaired) electrons. The Bertz CT molecular complexity index is 418. The standard InChI is InChI=1S/C15H24N2O2/c1-10(2)8-13(16)15(19)17-9-14(18)12-7-5-4-6-11(12)3/h4-7,10,13-14,18H,8-9,16H2,1-3H3,(H,17,19)/t13-,14?/m0/s1. The van der Waals surface area contributed by atoms with E-state index in [-0.39, 0.29) is 12.5 Å². The molecule has 106 valence electrons. The normalized spacial score (nSPS) is 14.2. The van der Waals surface area contributed by atoms with E-state index in [1.807, 2.05) is 45.0 Å². The van der Waals surface area contributed by atoms with Crippen LogP contribution in [0.4, 0.5) is 0 Å². The number of nitrogens with one attached hydrogen (secondary N) is 1. The molecule has 0 saturated heterocycles. The molecule has 4 nitrogen and oxygen atoms in total. The number of nitrogens with two attached hydrogens (primary N) is 1. The molecule has 4 N–H and O–H groups in total. The molecule has 1 rings (SSSR count). The van der Waals surface area contributed by atoms with Gasteiger partial charge in [0.2, 0.25) is 5.91 Å². The molecule has 19 heavy (non-hydrogen) atoms. The topological polar surface area (TPSA) is 75.3 Å². The molecule has 0 aliphatic carbocycles. The molecular formula is C15H24N2O2. The Morgan fingerprint density at radius 3 is 2.58 bits per heavy atom. The summed E-state index contributed by atoms with van der Waals surface area (Å²) in [7, 11) is 0. The summed E-state index contributed by atoms with van der Waals surface area (Å²) in [6, 6.07) is 7.08. The van der Waals surface area contributed by atoms with Gasteiger partial charge in [0.25, 0.3) is 0 Å². The van der Waals surface area contributed by atoms with Gasteiger partial charge in [0.05, 0.1) is 12.1 Å². The maximum atomic E-state index is 11.8. The quantitative estimate of drug-likeness (QED) is 0.729. The van der Waals surface area contributed by atoms with Crippen LogP contribution in [-0.2, 0) is 4.79 Å². The molecule has 0 aromatic heterocycles. The fraction of sp³-hybridized carbons (Fsp3) is 0.533. The molecule has 1 aromatic carbocycles. The third kappa shape index (κ3) is 5.01. The number of carbonyl (C=O) groups excluding carboxylic acids is 1. The Morgan fingerprint density at radius 1 is 1.37 bits per heavy atom. The Morgan fingerprint density at radius 2 is 2.00 bits per heavy atom. The van der Waals surface area contributed by atoms with E-state index >= 15 is 0 Å². The largest absolute Gasteiger partial charge is 0.387 e. The number of amides is 1. The van der Waals surface area contributed by atoms with Crippen molar-refractivity contribution in [1.29, 1.82) is 0 Å². The van der Waals surface area contributed by atoms with Crippen molar-refractivity contribution in [1.82, 2.24) is 5.32 Å². The van der Waals surface area contributed by atoms with Crippen molar-refractivity contribution in [3.05, 3.63) is 35.4 Å². The monoisotopic (exact) mass is 264 g/mol. The zero-order valence-corrected chi connectivity index (χ0v) is 11.9. The maximum absolute atomic E-state index is 11.8. The van der Waals surface area contributed by atoms with Crippen LogP contribution in [0.25, 0.3) is 0 Å². The lowest BCUT2D eigenvalue weighted by molar-refractivity contribution is -0.123. The number of benzene rings is 1. The van der Waals surface area contributed by atoms with E-state index in [4.69, 9.17) is 5.73 Å². The molecule has 1 amide bonds. The molecule has 0 aliphatic heterocycles. The lowest BCUT2D eigenvalue weighted by Crippen LogP contribution is -2.42. The van der Waals surface area contributed by atoms with Gasteiger partial charge in [0, 0.05) is 6.54 Å². The molecule has 0 saturated carbocycles. The van der Waals surface area contributed by atoms with E-state index < -0.39 is 12.1 Å². The summed E-state index contributed by atoms with van der Waals surface area (Å²) in [4.78, 5) is 11.8. The predicted molar refractivity (Wildman–Crippen MR) is 76.6 cm³/mol. The van der Waals surface area contributed by atoms with Gasteiger partial charge in [-0.25, -0.2) is 0 Å². The third-order valence-electron chi connectivity index (χ3n) is 3.08. The van der Waals surface area contributed by atoms with Gasteiger partial charge in [0.1, 0.15) is 0 Å². The van der Waals surface area contributed by atoms with Crippen LogP contribution in [0.1, 0.15) is 37.5 Å². The van der Waals surface area contributed by atoms with Crippen molar-refractivity contribution in [2.45, 2.75) is 39.3 Å². The Kier molecular flexibility index (Phi) is 5.99. The van der Waals surface area contributed by atoms with E-state index in [1.165, 1.54) is 0 Å². The van der Waals surface area contributed by atoms with Crippen molar-refractivity contribution in [2.24, 2.45) is 11.7 Å². The van der Waals surface area contributed by atoms with E-state index in [1.54, 1.807) is 0 Å². The number of hydrogen-bond donors (Lipinski definition) is 3. The molecule has 0 spiro atoms. The average Bonchev–Trinajstić information content (AvgIpc) is 2.35. The van der Waals surface area contributed by atoms with Crippen molar-refractivity contribution < 1.29 is 9.90 Å². The minimum Gasteiger partial charge on any atom is -0.387 e. The zero-order chi connectivity index (χ0) is 14.4. The summed E-state index contributed by atoms with van der Waals surface area (Å²) < 4.78 is 0. The second-order valence-corrected chi connectivity index (χ2v) is 5.35. The van der Waals surface area contributed by atoms with Gasteiger partial charge in [-0.2, -0.15) is 0 Å². The summed E-state index contributed by atoms with van der Waals surface area (Å²) in [5, 5.41) is 12.8. The zero-order valence-electron chi connectivity index (χ0n) is 11.9. The molecule has 0 aliphatic rings. The minimum atomic E-state index is -0.698. The Balaban J connectivity index is 2.48. The summed E-state index contributed by atoms with van der Waals surface area (Å²) >= 11 is 0. The number of rotatable bonds is 6. The highest BCUT2D eigenvalue weighted by atomic mass is 16.3. The first-order chi connectivity index (χ1) is 8.91. The van der Waals surface area contributed by atoms with Gasteiger partial charge in [-0.05, 0) is 30.4 Å². The summed E-state index contributed by atoms with van der Waals surface area (Å²) in [6.07, 6.45) is -0.0526. The number of carbonyl (C=O) groups is 1. The number of hydrogen-bond acceptors (Lipinski definition) is 3. The average molecular weight is 264 g/mol. The van der Waals surface area contributed by atoms with Gasteiger partial charge in [-0.1, -0.05) is 38.1 Å². The van der Waals surface area contributed by atoms with Crippen LogP contribution in [0, 0.1) is 12.8 Å². The fourth-order valence-corrected chi connectivity index (χ4v) is 2.01. The highest BCUT2D eigenvalue weighted by Gasteiger charge is 2.17. The number of aliphatic hydroxyl groups excluding tert-OH is 1. The number of aryl methyl sites for hydroxylation is 1. The smallest absolute Gasteiger partial charge is 0.237 e. The van der Waals surface area contributed by atoms with E-state index in [9.17, 15) is 9.90 Å². The van der Waals surface area contributed by atoms with Gasteiger partial charge in [-0.15, -0.1) is 0 Å². The second kappa shape index (κ2) is 7.26. The van der Waals surface area contributed by atoms with Crippen LogP contribution in [0.3, 0.4) is 0 Å². The summed E-state index contributed by atoms with van der Waals surface area (Å²) in [5.74, 6) is 0.170. The lowest BCUT2D eigenvalue weighted by Gasteiger charge is -2.17. The summed E-state index contributed by atoms with van der Waals surface area (Å²) in [6.45, 7) is 6.17. The molecule has 4 heteroatoms. The first-order valence-corrected chi connectivity index (χ1v) is 6.68. The fourth-order valence-electron chi connectivity index (χ4n) is 2.01. The molecule has 1 aromatic rings. The second-order valence-electron chi connectivity index (χ2n) is 5.35. The van der Waals surface area contributed by atoms with Crippen LogP contribution in [0.5, 0.6) is 0 Å². The van der Waals surface area contributed by atoms with Crippen molar-refractivity contribution in [3.63, 3.8) is 0 Å². The first-order valence-electron chi connectivity index (χ1n) is 6.68. The molecular weight excluding hydrogens is 240 g/mol. The van der Waals surface area contributed by atoms with Gasteiger partial charge < -0.3 is 16.2 Å². The molecule has 0 fully saturated rings. The van der Waals surface area contributed by atoms with E-state index in [2.05, 4.69) is 5.32 Å². The summed E-state index contributed by atoms with van der Waals surface area (Å²) in [5.41, 5.74) is 7.62. The molecule has 0 bridgehead atoms. The third-order valence-corrected chi connectivity index (χ3v) is 3.08. The number of aliphatic hydroxyl groups is 1. The van der Waals surface area contributed by atoms with Crippen LogP contribution in [0.2, 0.25) is 0 Å². The van der Waals surface area contributed by atoms with Crippen LogP contribution >= 0.6 is 0 Å². The first kappa shape index (κ1) is 15.7. The minimum absolute atomic E-state index is 0.190. The van der Waals surface area contributed by atoms with Crippen LogP contribution < -0.4 is 11.1 Å². The van der Waals surface area contributed by atoms with Crippen LogP contribution in [-0.4, -0.2) is 23.6 Å². The van der Waals surface area contributed by atoms with Gasteiger partial charge >= 0.3 is 0 Å². The Hall–Kier alpha value is -1.39. The highest BCUT2D eigenvalue weighted by molar-refractivity contribution is 5.81. The van der Waals surface area contributed by atoms with Gasteiger partial charge in [-0.3, -0.25) is 4.79 Å². The molecule has 1 unspecified atom stereocenters. The van der Waals surface area contributed by atoms with Crippen LogP contribution in [0.15, 0.2) is 24.3 Å². The Labute approximate surface area is 115 Å². The van der Waals surface area contributed by atoms with Crippen molar-refractivity contribution >= 4 is 5.91 Å². The predicted octanol–water partition coefficient (Wildman–Crippen LogP) is 1.52. The van der Waals surface area contributed by atoms with E-state index in [0.29, 0.717) is 12.3 Å². The SMILES string of the molecule is Cc1ccccc1C(O)CNC(=O)[C@@H](N)CC(C)C. The lowest BCUT2D eigenvalue weighted by atomic mass is 10.0. The highest BCUT2D eigenvalue weighted by Crippen LogP contribution is 2.16.